The molecule has 3 aromatic rings. The molecule has 3 rings (SSSR count). The summed E-state index contributed by atoms with van der Waals surface area (Å²) in [6.07, 6.45) is 2.69. The summed E-state index contributed by atoms with van der Waals surface area (Å²) in [6.45, 7) is 3.86. The van der Waals surface area contributed by atoms with Crippen LogP contribution in [0.3, 0.4) is 0 Å². The van der Waals surface area contributed by atoms with Crippen molar-refractivity contribution in [3.8, 4) is 11.5 Å². The molecule has 0 aliphatic heterocycles. The molecule has 2 aromatic carbocycles. The lowest BCUT2D eigenvalue weighted by atomic mass is 10.1. The molecule has 0 radical (unpaired) electrons. The summed E-state index contributed by atoms with van der Waals surface area (Å²) in [5, 5.41) is 17.4. The summed E-state index contributed by atoms with van der Waals surface area (Å²) in [4.78, 5) is 7.66. The van der Waals surface area contributed by atoms with Crippen molar-refractivity contribution in [1.82, 2.24) is 15.6 Å². The topological polar surface area (TPSA) is 81.7 Å². The number of benzene rings is 2. The smallest absolute Gasteiger partial charge is 0.191 e. The summed E-state index contributed by atoms with van der Waals surface area (Å²) in [6, 6.07) is 10.0. The standard InChI is InChI=1S/C21H25FN4O2/c1-3-23-21(26-12-14-4-7-20(28-2)19(27)10-14)24-9-8-15-13-25-18-11-16(22)5-6-17(15)18/h4-7,10-11,13,25,27H,3,8-9,12H2,1-2H3,(H2,23,24,26). The predicted molar refractivity (Wildman–Crippen MR) is 109 cm³/mol. The first kappa shape index (κ1) is 19.5. The van der Waals surface area contributed by atoms with Crippen molar-refractivity contribution >= 4 is 16.9 Å². The fourth-order valence-corrected chi connectivity index (χ4v) is 3.03. The van der Waals surface area contributed by atoms with Gasteiger partial charge < -0.3 is 25.5 Å². The molecule has 0 spiro atoms. The highest BCUT2D eigenvalue weighted by molar-refractivity contribution is 5.83. The third kappa shape index (κ3) is 4.73. The molecule has 0 aliphatic carbocycles. The molecule has 6 nitrogen and oxygen atoms in total. The van der Waals surface area contributed by atoms with Gasteiger partial charge >= 0.3 is 0 Å². The average molecular weight is 384 g/mol. The molecule has 148 valence electrons. The van der Waals surface area contributed by atoms with E-state index in [-0.39, 0.29) is 11.6 Å². The van der Waals surface area contributed by atoms with Gasteiger partial charge in [-0.2, -0.15) is 0 Å². The number of hydrogen-bond donors (Lipinski definition) is 4. The number of aromatic hydroxyl groups is 1. The van der Waals surface area contributed by atoms with E-state index in [0.29, 0.717) is 24.8 Å². The van der Waals surface area contributed by atoms with E-state index >= 15 is 0 Å². The van der Waals surface area contributed by atoms with Crippen LogP contribution in [-0.4, -0.2) is 36.2 Å². The zero-order chi connectivity index (χ0) is 19.9. The molecular formula is C21H25FN4O2. The normalized spacial score (nSPS) is 11.6. The van der Waals surface area contributed by atoms with Crippen molar-refractivity contribution in [1.29, 1.82) is 0 Å². The van der Waals surface area contributed by atoms with E-state index in [1.165, 1.54) is 19.2 Å². The SMILES string of the molecule is CCNC(=NCc1ccc(OC)c(O)c1)NCCc1c[nH]c2cc(F)ccc12. The van der Waals surface area contributed by atoms with Gasteiger partial charge in [0.2, 0.25) is 0 Å². The number of rotatable bonds is 7. The van der Waals surface area contributed by atoms with E-state index < -0.39 is 0 Å². The van der Waals surface area contributed by atoms with Crippen molar-refractivity contribution in [3.63, 3.8) is 0 Å². The van der Waals surface area contributed by atoms with E-state index in [1.807, 2.05) is 19.2 Å². The minimum atomic E-state index is -0.245. The number of phenols is 1. The summed E-state index contributed by atoms with van der Waals surface area (Å²) >= 11 is 0. The van der Waals surface area contributed by atoms with Crippen LogP contribution in [0, 0.1) is 5.82 Å². The van der Waals surface area contributed by atoms with Gasteiger partial charge in [0.25, 0.3) is 0 Å². The maximum atomic E-state index is 13.3. The summed E-state index contributed by atoms with van der Waals surface area (Å²) in [7, 11) is 1.52. The van der Waals surface area contributed by atoms with Gasteiger partial charge in [0.05, 0.1) is 13.7 Å². The Balaban J connectivity index is 1.60. The number of halogens is 1. The molecule has 0 bridgehead atoms. The van der Waals surface area contributed by atoms with Crippen LogP contribution < -0.4 is 15.4 Å². The molecule has 0 aliphatic rings. The lowest BCUT2D eigenvalue weighted by Gasteiger charge is -2.11. The Bertz CT molecular complexity index is 968. The zero-order valence-corrected chi connectivity index (χ0v) is 16.1. The molecule has 0 fully saturated rings. The molecule has 7 heteroatoms. The van der Waals surface area contributed by atoms with Gasteiger partial charge in [-0.15, -0.1) is 0 Å². The number of fused-ring (bicyclic) bond motifs is 1. The Labute approximate surface area is 163 Å². The van der Waals surface area contributed by atoms with Crippen LogP contribution in [0.25, 0.3) is 10.9 Å². The minimum Gasteiger partial charge on any atom is -0.504 e. The number of aliphatic imine (C=N–C) groups is 1. The average Bonchev–Trinajstić information content (AvgIpc) is 3.08. The summed E-state index contributed by atoms with van der Waals surface area (Å²) in [5.74, 6) is 0.995. The second-order valence-electron chi connectivity index (χ2n) is 6.38. The lowest BCUT2D eigenvalue weighted by Crippen LogP contribution is -2.38. The van der Waals surface area contributed by atoms with Crippen LogP contribution in [0.4, 0.5) is 4.39 Å². The molecule has 0 atom stereocenters. The van der Waals surface area contributed by atoms with Crippen LogP contribution in [0.2, 0.25) is 0 Å². The van der Waals surface area contributed by atoms with Crippen LogP contribution >= 0.6 is 0 Å². The maximum absolute atomic E-state index is 13.3. The third-order valence-corrected chi connectivity index (χ3v) is 4.42. The predicted octanol–water partition coefficient (Wildman–Crippen LogP) is 3.32. The first-order chi connectivity index (χ1) is 13.6. The number of H-pyrrole nitrogens is 1. The van der Waals surface area contributed by atoms with E-state index in [2.05, 4.69) is 20.6 Å². The van der Waals surface area contributed by atoms with Crippen molar-refractivity contribution < 1.29 is 14.2 Å². The largest absolute Gasteiger partial charge is 0.504 e. The van der Waals surface area contributed by atoms with E-state index in [1.54, 1.807) is 18.2 Å². The fourth-order valence-electron chi connectivity index (χ4n) is 3.03. The number of guanidine groups is 1. The Morgan fingerprint density at radius 2 is 2.07 bits per heavy atom. The fraction of sp³-hybridized carbons (Fsp3) is 0.286. The van der Waals surface area contributed by atoms with Gasteiger partial charge in [-0.1, -0.05) is 6.07 Å². The Kier molecular flexibility index (Phi) is 6.37. The van der Waals surface area contributed by atoms with Crippen LogP contribution in [0.5, 0.6) is 11.5 Å². The second kappa shape index (κ2) is 9.12. The monoisotopic (exact) mass is 384 g/mol. The highest BCUT2D eigenvalue weighted by Gasteiger charge is 2.06. The summed E-state index contributed by atoms with van der Waals surface area (Å²) in [5.41, 5.74) is 2.81. The minimum absolute atomic E-state index is 0.101. The highest BCUT2D eigenvalue weighted by atomic mass is 19.1. The first-order valence-electron chi connectivity index (χ1n) is 9.24. The molecule has 4 N–H and O–H groups in total. The van der Waals surface area contributed by atoms with Gasteiger partial charge in [0.15, 0.2) is 17.5 Å². The van der Waals surface area contributed by atoms with Gasteiger partial charge in [-0.3, -0.25) is 0 Å². The van der Waals surface area contributed by atoms with Gasteiger partial charge in [0.1, 0.15) is 5.82 Å². The molecule has 0 unspecified atom stereocenters. The molecule has 0 saturated carbocycles. The Hall–Kier alpha value is -3.22. The number of nitrogens with zero attached hydrogens (tertiary/aromatic N) is 1. The molecule has 1 heterocycles. The quantitative estimate of drug-likeness (QED) is 0.372. The zero-order valence-electron chi connectivity index (χ0n) is 16.1. The van der Waals surface area contributed by atoms with E-state index in [4.69, 9.17) is 4.74 Å². The van der Waals surface area contributed by atoms with Gasteiger partial charge in [0, 0.05) is 30.2 Å². The molecule has 28 heavy (non-hydrogen) atoms. The van der Waals surface area contributed by atoms with Crippen molar-refractivity contribution in [2.24, 2.45) is 4.99 Å². The van der Waals surface area contributed by atoms with Crippen LogP contribution in [0.15, 0.2) is 47.6 Å². The number of methoxy groups -OCH3 is 1. The van der Waals surface area contributed by atoms with E-state index in [9.17, 15) is 9.50 Å². The molecular weight excluding hydrogens is 359 g/mol. The second-order valence-corrected chi connectivity index (χ2v) is 6.38. The van der Waals surface area contributed by atoms with Crippen LogP contribution in [0.1, 0.15) is 18.1 Å². The third-order valence-electron chi connectivity index (χ3n) is 4.42. The number of aromatic amines is 1. The number of nitrogens with one attached hydrogen (secondary N) is 3. The van der Waals surface area contributed by atoms with Crippen LogP contribution in [-0.2, 0) is 13.0 Å². The summed E-state index contributed by atoms with van der Waals surface area (Å²) < 4.78 is 18.4. The van der Waals surface area contributed by atoms with Gasteiger partial charge in [-0.25, -0.2) is 9.38 Å². The molecule has 1 aromatic heterocycles. The number of hydrogen-bond acceptors (Lipinski definition) is 3. The Morgan fingerprint density at radius 1 is 1.21 bits per heavy atom. The Morgan fingerprint density at radius 3 is 2.82 bits per heavy atom. The van der Waals surface area contributed by atoms with E-state index in [0.717, 1.165) is 35.0 Å². The van der Waals surface area contributed by atoms with Crippen molar-refractivity contribution in [3.05, 3.63) is 59.5 Å². The highest BCUT2D eigenvalue weighted by Crippen LogP contribution is 2.26. The number of ether oxygens (including phenoxy) is 1. The van der Waals surface area contributed by atoms with Crippen molar-refractivity contribution in [2.75, 3.05) is 20.2 Å². The number of aromatic nitrogens is 1. The van der Waals surface area contributed by atoms with Crippen molar-refractivity contribution in [2.45, 2.75) is 19.9 Å². The first-order valence-corrected chi connectivity index (χ1v) is 9.24. The maximum Gasteiger partial charge on any atom is 0.191 e. The molecule has 0 amide bonds. The lowest BCUT2D eigenvalue weighted by molar-refractivity contribution is 0.373. The number of phenolic OH excluding ortho intramolecular Hbond substituents is 1. The molecule has 0 saturated heterocycles. The van der Waals surface area contributed by atoms with Gasteiger partial charge in [-0.05, 0) is 54.8 Å².